The Morgan fingerprint density at radius 3 is 2.53 bits per heavy atom. The Bertz CT molecular complexity index is 333. The van der Waals surface area contributed by atoms with Crippen LogP contribution in [-0.4, -0.2) is 5.11 Å². The molecule has 1 aliphatic carbocycles. The van der Waals surface area contributed by atoms with Crippen molar-refractivity contribution in [2.45, 2.75) is 38.2 Å². The summed E-state index contributed by atoms with van der Waals surface area (Å²) in [7, 11) is 0. The van der Waals surface area contributed by atoms with Gasteiger partial charge in [-0.15, -0.1) is 0 Å². The van der Waals surface area contributed by atoms with E-state index in [1.807, 2.05) is 24.3 Å². The number of hydrogen-bond acceptors (Lipinski definition) is 1. The van der Waals surface area contributed by atoms with Crippen molar-refractivity contribution in [3.05, 3.63) is 34.3 Å². The molecule has 1 fully saturated rings. The third-order valence-corrected chi connectivity index (χ3v) is 4.13. The molecule has 2 heteroatoms. The van der Waals surface area contributed by atoms with E-state index in [2.05, 4.69) is 22.9 Å². The molecule has 0 aliphatic heterocycles. The Labute approximate surface area is 99.6 Å². The van der Waals surface area contributed by atoms with Crippen molar-refractivity contribution in [3.63, 3.8) is 0 Å². The zero-order chi connectivity index (χ0) is 10.9. The average molecular weight is 269 g/mol. The largest absolute Gasteiger partial charge is 0.385 e. The fourth-order valence-corrected chi connectivity index (χ4v) is 2.76. The molecule has 0 spiro atoms. The third-order valence-electron chi connectivity index (χ3n) is 3.60. The maximum Gasteiger partial charge on any atom is 0.0921 e. The van der Waals surface area contributed by atoms with Gasteiger partial charge >= 0.3 is 0 Å². The van der Waals surface area contributed by atoms with Crippen molar-refractivity contribution in [2.24, 2.45) is 5.92 Å². The average Bonchev–Trinajstić information content (AvgIpc) is 2.23. The molecule has 0 aromatic heterocycles. The zero-order valence-electron chi connectivity index (χ0n) is 9.04. The molecule has 1 nitrogen and oxygen atoms in total. The Morgan fingerprint density at radius 2 is 1.93 bits per heavy atom. The van der Waals surface area contributed by atoms with Gasteiger partial charge in [-0.3, -0.25) is 0 Å². The SMILES string of the molecule is C[C@@H]1CCCC[C@]1(O)c1ccc(Br)cc1. The summed E-state index contributed by atoms with van der Waals surface area (Å²) < 4.78 is 1.07. The lowest BCUT2D eigenvalue weighted by atomic mass is 9.72. The van der Waals surface area contributed by atoms with Crippen molar-refractivity contribution in [1.29, 1.82) is 0 Å². The van der Waals surface area contributed by atoms with Crippen LogP contribution in [0, 0.1) is 5.92 Å². The highest BCUT2D eigenvalue weighted by Gasteiger charge is 2.37. The van der Waals surface area contributed by atoms with Crippen molar-refractivity contribution in [3.8, 4) is 0 Å². The Morgan fingerprint density at radius 1 is 1.27 bits per heavy atom. The van der Waals surface area contributed by atoms with Gasteiger partial charge in [-0.25, -0.2) is 0 Å². The van der Waals surface area contributed by atoms with Crippen LogP contribution in [0.3, 0.4) is 0 Å². The molecular weight excluding hydrogens is 252 g/mol. The van der Waals surface area contributed by atoms with Crippen LogP contribution in [0.4, 0.5) is 0 Å². The van der Waals surface area contributed by atoms with Crippen LogP contribution in [0.2, 0.25) is 0 Å². The first-order valence-corrected chi connectivity index (χ1v) is 6.40. The van der Waals surface area contributed by atoms with E-state index < -0.39 is 5.60 Å². The summed E-state index contributed by atoms with van der Waals surface area (Å²) in [4.78, 5) is 0. The number of halogens is 1. The van der Waals surface area contributed by atoms with E-state index in [-0.39, 0.29) is 0 Å². The Hall–Kier alpha value is -0.340. The van der Waals surface area contributed by atoms with Gasteiger partial charge in [-0.2, -0.15) is 0 Å². The van der Waals surface area contributed by atoms with Crippen molar-refractivity contribution >= 4 is 15.9 Å². The topological polar surface area (TPSA) is 20.2 Å². The lowest BCUT2D eigenvalue weighted by Crippen LogP contribution is -2.36. The molecule has 0 bridgehead atoms. The molecule has 0 radical (unpaired) electrons. The van der Waals surface area contributed by atoms with Crippen LogP contribution in [0.5, 0.6) is 0 Å². The number of rotatable bonds is 1. The second kappa shape index (κ2) is 4.26. The maximum atomic E-state index is 10.7. The monoisotopic (exact) mass is 268 g/mol. The van der Waals surface area contributed by atoms with Crippen molar-refractivity contribution in [2.75, 3.05) is 0 Å². The van der Waals surface area contributed by atoms with Gasteiger partial charge in [0.05, 0.1) is 5.60 Å². The molecule has 0 heterocycles. The van der Waals surface area contributed by atoms with E-state index >= 15 is 0 Å². The summed E-state index contributed by atoms with van der Waals surface area (Å²) >= 11 is 3.42. The fraction of sp³-hybridized carbons (Fsp3) is 0.538. The Kier molecular flexibility index (Phi) is 3.17. The van der Waals surface area contributed by atoms with Gasteiger partial charge in [0.25, 0.3) is 0 Å². The van der Waals surface area contributed by atoms with Gasteiger partial charge in [0.2, 0.25) is 0 Å². The molecule has 82 valence electrons. The standard InChI is InChI=1S/C13H17BrO/c1-10-4-2-3-9-13(10,15)11-5-7-12(14)8-6-11/h5-8,10,15H,2-4,9H2,1H3/t10-,13-/m1/s1. The zero-order valence-corrected chi connectivity index (χ0v) is 10.6. The molecule has 1 saturated carbocycles. The smallest absolute Gasteiger partial charge is 0.0921 e. The van der Waals surface area contributed by atoms with E-state index in [0.29, 0.717) is 5.92 Å². The van der Waals surface area contributed by atoms with Crippen LogP contribution < -0.4 is 0 Å². The third kappa shape index (κ3) is 2.11. The number of benzene rings is 1. The summed E-state index contributed by atoms with van der Waals surface area (Å²) in [6.45, 7) is 2.15. The van der Waals surface area contributed by atoms with E-state index in [1.54, 1.807) is 0 Å². The van der Waals surface area contributed by atoms with Gasteiger partial charge in [0.15, 0.2) is 0 Å². The predicted octanol–water partition coefficient (Wildman–Crippen LogP) is 3.85. The van der Waals surface area contributed by atoms with Crippen LogP contribution >= 0.6 is 15.9 Å². The van der Waals surface area contributed by atoms with Crippen molar-refractivity contribution in [1.82, 2.24) is 0 Å². The van der Waals surface area contributed by atoms with Gasteiger partial charge in [-0.1, -0.05) is 47.8 Å². The molecule has 1 N–H and O–H groups in total. The quantitative estimate of drug-likeness (QED) is 0.821. The number of hydrogen-bond donors (Lipinski definition) is 1. The molecule has 2 atom stereocenters. The summed E-state index contributed by atoms with van der Waals surface area (Å²) in [6, 6.07) is 8.08. The van der Waals surface area contributed by atoms with Crippen molar-refractivity contribution < 1.29 is 5.11 Å². The van der Waals surface area contributed by atoms with Gasteiger partial charge < -0.3 is 5.11 Å². The molecule has 1 aromatic rings. The van der Waals surface area contributed by atoms with E-state index in [0.717, 1.165) is 29.3 Å². The molecule has 0 saturated heterocycles. The second-order valence-electron chi connectivity index (χ2n) is 4.58. The molecule has 2 rings (SSSR count). The highest BCUT2D eigenvalue weighted by Crippen LogP contribution is 2.41. The predicted molar refractivity (Wildman–Crippen MR) is 65.7 cm³/mol. The molecular formula is C13H17BrO. The first-order valence-electron chi connectivity index (χ1n) is 5.61. The lowest BCUT2D eigenvalue weighted by molar-refractivity contribution is -0.0469. The second-order valence-corrected chi connectivity index (χ2v) is 5.49. The van der Waals surface area contributed by atoms with Gasteiger partial charge in [0, 0.05) is 4.47 Å². The molecule has 0 amide bonds. The minimum atomic E-state index is -0.598. The molecule has 0 unspecified atom stereocenters. The molecule has 1 aromatic carbocycles. The normalized spacial score (nSPS) is 31.5. The summed E-state index contributed by atoms with van der Waals surface area (Å²) in [5, 5.41) is 10.7. The van der Waals surface area contributed by atoms with Crippen LogP contribution in [-0.2, 0) is 5.60 Å². The first-order chi connectivity index (χ1) is 7.13. The summed E-state index contributed by atoms with van der Waals surface area (Å²) in [6.07, 6.45) is 4.42. The summed E-state index contributed by atoms with van der Waals surface area (Å²) in [5.41, 5.74) is 0.469. The number of aliphatic hydroxyl groups is 1. The lowest BCUT2D eigenvalue weighted by Gasteiger charge is -2.38. The van der Waals surface area contributed by atoms with E-state index in [4.69, 9.17) is 0 Å². The highest BCUT2D eigenvalue weighted by atomic mass is 79.9. The Balaban J connectivity index is 2.30. The van der Waals surface area contributed by atoms with E-state index in [9.17, 15) is 5.11 Å². The van der Waals surface area contributed by atoms with E-state index in [1.165, 1.54) is 6.42 Å². The van der Waals surface area contributed by atoms with Gasteiger partial charge in [0.1, 0.15) is 0 Å². The minimum absolute atomic E-state index is 0.368. The minimum Gasteiger partial charge on any atom is -0.385 e. The maximum absolute atomic E-state index is 10.7. The first kappa shape index (κ1) is 11.2. The summed E-state index contributed by atoms with van der Waals surface area (Å²) in [5.74, 6) is 0.368. The molecule has 1 aliphatic rings. The van der Waals surface area contributed by atoms with Crippen LogP contribution in [0.1, 0.15) is 38.2 Å². The fourth-order valence-electron chi connectivity index (χ4n) is 2.50. The highest BCUT2D eigenvalue weighted by molar-refractivity contribution is 9.10. The van der Waals surface area contributed by atoms with Crippen LogP contribution in [0.25, 0.3) is 0 Å². The van der Waals surface area contributed by atoms with Gasteiger partial charge in [-0.05, 0) is 36.5 Å². The molecule has 15 heavy (non-hydrogen) atoms. The van der Waals surface area contributed by atoms with Crippen LogP contribution in [0.15, 0.2) is 28.7 Å².